The van der Waals surface area contributed by atoms with Crippen LogP contribution in [0.1, 0.15) is 376 Å². The van der Waals surface area contributed by atoms with Crippen molar-refractivity contribution in [2.75, 3.05) is 39.6 Å². The first-order valence-electron chi connectivity index (χ1n) is 38.3. The lowest BCUT2D eigenvalue weighted by molar-refractivity contribution is -0.161. The number of hydrogen-bond acceptors (Lipinski definition) is 15. The van der Waals surface area contributed by atoms with E-state index in [1.807, 2.05) is 0 Å². The number of aliphatic hydroxyl groups is 1. The monoisotopic (exact) mass is 1370 g/mol. The van der Waals surface area contributed by atoms with Gasteiger partial charge in [-0.2, -0.15) is 0 Å². The molecule has 0 saturated heterocycles. The lowest BCUT2D eigenvalue weighted by atomic mass is 10.0. The molecule has 0 aliphatic heterocycles. The van der Waals surface area contributed by atoms with Crippen molar-refractivity contribution in [1.82, 2.24) is 0 Å². The minimum absolute atomic E-state index is 0.101. The average Bonchev–Trinajstić information content (AvgIpc) is 3.60. The van der Waals surface area contributed by atoms with Gasteiger partial charge in [-0.15, -0.1) is 0 Å². The average molecular weight is 1370 g/mol. The molecule has 5 atom stereocenters. The van der Waals surface area contributed by atoms with Crippen LogP contribution < -0.4 is 0 Å². The summed E-state index contributed by atoms with van der Waals surface area (Å²) in [5, 5.41) is 10.6. The minimum Gasteiger partial charge on any atom is -0.462 e. The van der Waals surface area contributed by atoms with Gasteiger partial charge in [0, 0.05) is 25.7 Å². The Bertz CT molecular complexity index is 1820. The molecule has 19 heteroatoms. The Labute approximate surface area is 568 Å². The zero-order valence-corrected chi connectivity index (χ0v) is 62.5. The van der Waals surface area contributed by atoms with E-state index in [4.69, 9.17) is 37.0 Å². The molecule has 0 aromatic carbocycles. The van der Waals surface area contributed by atoms with Gasteiger partial charge >= 0.3 is 39.5 Å². The van der Waals surface area contributed by atoms with Crippen LogP contribution >= 0.6 is 15.6 Å². The maximum Gasteiger partial charge on any atom is 0.472 e. The van der Waals surface area contributed by atoms with E-state index >= 15 is 0 Å². The molecule has 0 bridgehead atoms. The van der Waals surface area contributed by atoms with Crippen molar-refractivity contribution < 1.29 is 80.2 Å². The van der Waals surface area contributed by atoms with E-state index in [9.17, 15) is 43.2 Å². The van der Waals surface area contributed by atoms with Gasteiger partial charge < -0.3 is 33.8 Å². The van der Waals surface area contributed by atoms with E-state index < -0.39 is 97.5 Å². The van der Waals surface area contributed by atoms with Crippen LogP contribution in [0, 0.1) is 17.8 Å². The number of aliphatic hydroxyl groups excluding tert-OH is 1. The number of carbonyl (C=O) groups is 4. The summed E-state index contributed by atoms with van der Waals surface area (Å²) in [4.78, 5) is 72.6. The topological polar surface area (TPSA) is 237 Å². The molecule has 0 rings (SSSR count). The van der Waals surface area contributed by atoms with E-state index in [1.54, 1.807) is 0 Å². The van der Waals surface area contributed by atoms with Crippen molar-refractivity contribution in [2.24, 2.45) is 17.8 Å². The second kappa shape index (κ2) is 64.7. The predicted octanol–water partition coefficient (Wildman–Crippen LogP) is 21.4. The highest BCUT2D eigenvalue weighted by molar-refractivity contribution is 7.47. The van der Waals surface area contributed by atoms with Crippen LogP contribution in [0.3, 0.4) is 0 Å². The van der Waals surface area contributed by atoms with Crippen LogP contribution in [-0.2, 0) is 65.4 Å². The molecule has 0 aliphatic carbocycles. The SMILES string of the molecule is CCCCCCCCCCCCCCCCCCCCCCC(=O)O[C@H](COC(=O)CCCCCCCCCCCCCCC(C)C)COP(=O)(O)OC[C@@H](O)COP(=O)(O)OC[C@@H](COC(=O)CCCCCCCCC(C)C)OC(=O)CCCCCCCCC(C)C. The first kappa shape index (κ1) is 91.1. The molecule has 0 fully saturated rings. The van der Waals surface area contributed by atoms with Crippen LogP contribution in [-0.4, -0.2) is 96.7 Å². The van der Waals surface area contributed by atoms with E-state index in [-0.39, 0.29) is 25.7 Å². The number of phosphoric ester groups is 2. The van der Waals surface area contributed by atoms with E-state index in [0.717, 1.165) is 102 Å². The van der Waals surface area contributed by atoms with Crippen LogP contribution in [0.5, 0.6) is 0 Å². The normalized spacial score (nSPS) is 14.1. The lowest BCUT2D eigenvalue weighted by Crippen LogP contribution is -2.30. The van der Waals surface area contributed by atoms with Crippen molar-refractivity contribution in [1.29, 1.82) is 0 Å². The summed E-state index contributed by atoms with van der Waals surface area (Å²) in [7, 11) is -9.90. The second-order valence-electron chi connectivity index (χ2n) is 28.1. The van der Waals surface area contributed by atoms with E-state index in [2.05, 4.69) is 48.5 Å². The predicted molar refractivity (Wildman–Crippen MR) is 377 cm³/mol. The molecule has 0 spiro atoms. The maximum atomic E-state index is 13.1. The van der Waals surface area contributed by atoms with Gasteiger partial charge in [-0.25, -0.2) is 9.13 Å². The molecule has 0 aromatic heterocycles. The Morgan fingerprint density at radius 1 is 0.290 bits per heavy atom. The first-order valence-corrected chi connectivity index (χ1v) is 41.3. The summed E-state index contributed by atoms with van der Waals surface area (Å²) in [6, 6.07) is 0. The smallest absolute Gasteiger partial charge is 0.462 e. The third kappa shape index (κ3) is 68.4. The van der Waals surface area contributed by atoms with Gasteiger partial charge in [0.25, 0.3) is 0 Å². The van der Waals surface area contributed by atoms with Crippen molar-refractivity contribution in [3.05, 3.63) is 0 Å². The van der Waals surface area contributed by atoms with Crippen molar-refractivity contribution >= 4 is 39.5 Å². The second-order valence-corrected chi connectivity index (χ2v) is 31.0. The molecule has 93 heavy (non-hydrogen) atoms. The molecule has 0 aromatic rings. The number of unbranched alkanes of at least 4 members (excludes halogenated alkanes) is 40. The highest BCUT2D eigenvalue weighted by Crippen LogP contribution is 2.45. The number of hydrogen-bond donors (Lipinski definition) is 3. The number of carbonyl (C=O) groups excluding carboxylic acids is 4. The van der Waals surface area contributed by atoms with Crippen molar-refractivity contribution in [2.45, 2.75) is 394 Å². The number of phosphoric acid groups is 2. The molecule has 0 amide bonds. The van der Waals surface area contributed by atoms with E-state index in [1.165, 1.54) is 180 Å². The Balaban J connectivity index is 5.19. The first-order chi connectivity index (χ1) is 44.7. The number of ether oxygens (including phenoxy) is 4. The summed E-state index contributed by atoms with van der Waals surface area (Å²) in [6.45, 7) is 11.7. The molecule has 3 N–H and O–H groups in total. The molecule has 0 aliphatic rings. The van der Waals surface area contributed by atoms with Gasteiger partial charge in [0.2, 0.25) is 0 Å². The Morgan fingerprint density at radius 3 is 0.731 bits per heavy atom. The largest absolute Gasteiger partial charge is 0.472 e. The van der Waals surface area contributed by atoms with Crippen LogP contribution in [0.2, 0.25) is 0 Å². The van der Waals surface area contributed by atoms with Crippen LogP contribution in [0.4, 0.5) is 0 Å². The fourth-order valence-corrected chi connectivity index (χ4v) is 12.8. The van der Waals surface area contributed by atoms with Gasteiger partial charge in [0.05, 0.1) is 26.4 Å². The molecule has 2 unspecified atom stereocenters. The summed E-state index contributed by atoms with van der Waals surface area (Å²) in [6.07, 6.45) is 50.5. The van der Waals surface area contributed by atoms with Gasteiger partial charge in [0.1, 0.15) is 19.3 Å². The summed E-state index contributed by atoms with van der Waals surface area (Å²) >= 11 is 0. The van der Waals surface area contributed by atoms with Gasteiger partial charge in [0.15, 0.2) is 12.2 Å². The molecular formula is C74H144O17P2. The van der Waals surface area contributed by atoms with Crippen LogP contribution in [0.25, 0.3) is 0 Å². The van der Waals surface area contributed by atoms with Gasteiger partial charge in [-0.1, -0.05) is 325 Å². The van der Waals surface area contributed by atoms with Gasteiger partial charge in [-0.05, 0) is 43.4 Å². The van der Waals surface area contributed by atoms with Crippen molar-refractivity contribution in [3.63, 3.8) is 0 Å². The third-order valence-electron chi connectivity index (χ3n) is 17.1. The molecule has 17 nitrogen and oxygen atoms in total. The Morgan fingerprint density at radius 2 is 0.495 bits per heavy atom. The zero-order valence-electron chi connectivity index (χ0n) is 60.7. The Kier molecular flexibility index (Phi) is 63.4. The van der Waals surface area contributed by atoms with Gasteiger partial charge in [-0.3, -0.25) is 37.3 Å². The summed E-state index contributed by atoms with van der Waals surface area (Å²) < 4.78 is 68.3. The van der Waals surface area contributed by atoms with E-state index in [0.29, 0.717) is 37.5 Å². The zero-order chi connectivity index (χ0) is 68.7. The summed E-state index contributed by atoms with van der Waals surface area (Å²) in [5.41, 5.74) is 0. The highest BCUT2D eigenvalue weighted by Gasteiger charge is 2.30. The molecule has 0 saturated carbocycles. The molecule has 552 valence electrons. The number of rotatable bonds is 72. The van der Waals surface area contributed by atoms with Crippen LogP contribution in [0.15, 0.2) is 0 Å². The quantitative estimate of drug-likeness (QED) is 0.0222. The fraction of sp³-hybridized carbons (Fsp3) is 0.946. The molecular weight excluding hydrogens is 1220 g/mol. The standard InChI is InChI=1S/C74H144O17P2/c1-8-9-10-11-12-13-14-15-16-17-18-19-20-21-22-27-30-33-43-50-57-73(78)90-69(61-84-71(76)55-48-41-32-29-26-24-23-25-28-31-38-45-52-65(2)3)63-88-92(80,81)86-59-68(75)60-87-93(82,83)89-64-70(91-74(79)58-51-44-37-35-40-47-54-67(6)7)62-85-72(77)56-49-42-36-34-39-46-53-66(4)5/h65-70,75H,8-64H2,1-7H3,(H,80,81)(H,82,83)/t68-,69-,70-/m1/s1. The molecule has 0 radical (unpaired) electrons. The fourth-order valence-electron chi connectivity index (χ4n) is 11.2. The summed E-state index contributed by atoms with van der Waals surface area (Å²) in [5.74, 6) is 0.00215. The molecule has 0 heterocycles. The Hall–Kier alpha value is -1.94. The minimum atomic E-state index is -4.96. The third-order valence-corrected chi connectivity index (χ3v) is 19.0. The lowest BCUT2D eigenvalue weighted by Gasteiger charge is -2.21. The maximum absolute atomic E-state index is 13.1. The highest BCUT2D eigenvalue weighted by atomic mass is 31.2. The van der Waals surface area contributed by atoms with Crippen molar-refractivity contribution in [3.8, 4) is 0 Å². The number of esters is 4.